The number of β-amino-alcohol motifs (C(OH)–C–C–N with tert-alkyl or cyclic N) is 1. The van der Waals surface area contributed by atoms with Crippen LogP contribution in [0.4, 0.5) is 5.95 Å². The normalized spacial score (nSPS) is 23.1. The summed E-state index contributed by atoms with van der Waals surface area (Å²) in [5.41, 5.74) is 7.02. The molecule has 0 aliphatic carbocycles. The predicted octanol–water partition coefficient (Wildman–Crippen LogP) is 0.655. The van der Waals surface area contributed by atoms with Crippen LogP contribution in [0.2, 0.25) is 0 Å². The van der Waals surface area contributed by atoms with Crippen LogP contribution < -0.4 is 16.0 Å². The highest BCUT2D eigenvalue weighted by atomic mass is 35.5. The molecule has 0 saturated carbocycles. The number of fused-ring (bicyclic) bond motifs is 1. The fourth-order valence-corrected chi connectivity index (χ4v) is 4.08. The number of carbonyl (C=O) groups excluding carboxylic acids is 1. The van der Waals surface area contributed by atoms with Crippen molar-refractivity contribution in [1.29, 1.82) is 0 Å². The fraction of sp³-hybridized carbons (Fsp3) is 0.400. The minimum absolute atomic E-state index is 0. The predicted molar refractivity (Wildman–Crippen MR) is 99.6 cm³/mol. The van der Waals surface area contributed by atoms with Gasteiger partial charge in [0.15, 0.2) is 0 Å². The minimum Gasteiger partial charge on any atom is -0.391 e. The highest BCUT2D eigenvalue weighted by Gasteiger charge is 2.28. The van der Waals surface area contributed by atoms with Crippen LogP contribution in [0.5, 0.6) is 0 Å². The molecule has 2 aromatic rings. The summed E-state index contributed by atoms with van der Waals surface area (Å²) in [5, 5.41) is 13.8. The van der Waals surface area contributed by atoms with Crippen LogP contribution in [-0.2, 0) is 4.79 Å². The molecule has 0 radical (unpaired) electrons. The number of carbonyl (C=O) groups is 1. The minimum atomic E-state index is -0.445. The number of hydrogen-bond donors (Lipinski definition) is 4. The van der Waals surface area contributed by atoms with E-state index in [1.54, 1.807) is 6.20 Å². The Morgan fingerprint density at radius 1 is 1.44 bits per heavy atom. The molecule has 10 heteroatoms. The van der Waals surface area contributed by atoms with Gasteiger partial charge in [0.05, 0.1) is 22.0 Å². The zero-order valence-corrected chi connectivity index (χ0v) is 14.9. The third-order valence-corrected chi connectivity index (χ3v) is 5.48. The van der Waals surface area contributed by atoms with Crippen LogP contribution in [-0.4, -0.2) is 51.7 Å². The summed E-state index contributed by atoms with van der Waals surface area (Å²) in [7, 11) is 0. The molecule has 0 bridgehead atoms. The number of nitrogens with two attached hydrogens (primary N) is 1. The van der Waals surface area contributed by atoms with Crippen LogP contribution in [0, 0.1) is 0 Å². The summed E-state index contributed by atoms with van der Waals surface area (Å²) in [4.78, 5) is 26.4. The third-order valence-electron chi connectivity index (χ3n) is 4.23. The molecule has 134 valence electrons. The summed E-state index contributed by atoms with van der Waals surface area (Å²) in [6, 6.07) is 1.94. The van der Waals surface area contributed by atoms with Crippen molar-refractivity contribution in [3.05, 3.63) is 29.1 Å². The lowest BCUT2D eigenvalue weighted by Gasteiger charge is -2.23. The number of aromatic amines is 1. The van der Waals surface area contributed by atoms with Crippen molar-refractivity contribution >= 4 is 47.1 Å². The number of amides is 1. The molecule has 1 amide bonds. The average Bonchev–Trinajstić information content (AvgIpc) is 3.22. The van der Waals surface area contributed by atoms with E-state index in [9.17, 15) is 9.90 Å². The number of aromatic nitrogens is 3. The number of rotatable bonds is 3. The largest absolute Gasteiger partial charge is 0.391 e. The van der Waals surface area contributed by atoms with E-state index in [0.717, 1.165) is 29.7 Å². The summed E-state index contributed by atoms with van der Waals surface area (Å²) < 4.78 is 0. The van der Waals surface area contributed by atoms with Gasteiger partial charge in [-0.2, -0.15) is 4.98 Å². The SMILES string of the molecule is Cl.NC(=O)C1=CNCC(c2nc(N3CC[C@H](O)C3)nc3[nH]ccc23)S1. The van der Waals surface area contributed by atoms with Gasteiger partial charge >= 0.3 is 0 Å². The second-order valence-electron chi connectivity index (χ2n) is 5.92. The van der Waals surface area contributed by atoms with Crippen molar-refractivity contribution < 1.29 is 9.90 Å². The maximum absolute atomic E-state index is 11.5. The molecule has 4 rings (SSSR count). The number of halogens is 1. The van der Waals surface area contributed by atoms with Crippen LogP contribution in [0.3, 0.4) is 0 Å². The van der Waals surface area contributed by atoms with Gasteiger partial charge in [0.1, 0.15) is 5.65 Å². The van der Waals surface area contributed by atoms with E-state index in [-0.39, 0.29) is 23.8 Å². The Bertz CT molecular complexity index is 825. The first-order valence-corrected chi connectivity index (χ1v) is 8.68. The second kappa shape index (κ2) is 7.11. The molecule has 0 spiro atoms. The zero-order valence-electron chi connectivity index (χ0n) is 13.3. The van der Waals surface area contributed by atoms with Gasteiger partial charge in [0, 0.05) is 37.4 Å². The lowest BCUT2D eigenvalue weighted by molar-refractivity contribution is -0.113. The number of hydrogen-bond acceptors (Lipinski definition) is 7. The Balaban J connectivity index is 0.00000182. The van der Waals surface area contributed by atoms with E-state index < -0.39 is 5.91 Å². The van der Waals surface area contributed by atoms with E-state index in [4.69, 9.17) is 10.7 Å². The fourth-order valence-electron chi connectivity index (χ4n) is 3.03. The molecule has 5 N–H and O–H groups in total. The molecule has 2 aliphatic rings. The molecule has 2 atom stereocenters. The molecule has 1 fully saturated rings. The second-order valence-corrected chi connectivity index (χ2v) is 7.17. The monoisotopic (exact) mass is 382 g/mol. The number of thioether (sulfide) groups is 1. The first kappa shape index (κ1) is 17.8. The first-order valence-electron chi connectivity index (χ1n) is 7.80. The van der Waals surface area contributed by atoms with Gasteiger partial charge in [0.25, 0.3) is 5.91 Å². The van der Waals surface area contributed by atoms with E-state index in [1.165, 1.54) is 11.8 Å². The van der Waals surface area contributed by atoms with Gasteiger partial charge < -0.3 is 26.0 Å². The third kappa shape index (κ3) is 3.39. The van der Waals surface area contributed by atoms with Gasteiger partial charge in [-0.25, -0.2) is 4.98 Å². The topological polar surface area (TPSA) is 120 Å². The Morgan fingerprint density at radius 2 is 2.28 bits per heavy atom. The highest BCUT2D eigenvalue weighted by molar-refractivity contribution is 8.04. The maximum atomic E-state index is 11.5. The number of aliphatic hydroxyl groups excluding tert-OH is 1. The molecule has 0 aromatic carbocycles. The molecule has 1 saturated heterocycles. The Kier molecular flexibility index (Phi) is 5.07. The lowest BCUT2D eigenvalue weighted by atomic mass is 10.2. The Hall–Kier alpha value is -1.97. The summed E-state index contributed by atoms with van der Waals surface area (Å²) in [6.07, 6.45) is 3.86. The number of H-pyrrole nitrogens is 1. The Morgan fingerprint density at radius 3 is 3.00 bits per heavy atom. The van der Waals surface area contributed by atoms with Gasteiger partial charge in [-0.05, 0) is 12.5 Å². The van der Waals surface area contributed by atoms with Crippen molar-refractivity contribution in [2.75, 3.05) is 24.5 Å². The molecule has 8 nitrogen and oxygen atoms in total. The number of primary amides is 1. The molecule has 2 aliphatic heterocycles. The summed E-state index contributed by atoms with van der Waals surface area (Å²) in [5.74, 6) is 0.159. The quantitative estimate of drug-likeness (QED) is 0.615. The van der Waals surface area contributed by atoms with Gasteiger partial charge in [-0.15, -0.1) is 24.2 Å². The van der Waals surface area contributed by atoms with E-state index in [1.807, 2.05) is 17.2 Å². The Labute approximate surface area is 154 Å². The van der Waals surface area contributed by atoms with Crippen molar-refractivity contribution in [3.8, 4) is 0 Å². The van der Waals surface area contributed by atoms with Crippen molar-refractivity contribution in [2.45, 2.75) is 17.8 Å². The smallest absolute Gasteiger partial charge is 0.256 e. The van der Waals surface area contributed by atoms with Gasteiger partial charge in [-0.3, -0.25) is 4.79 Å². The highest BCUT2D eigenvalue weighted by Crippen LogP contribution is 2.38. The van der Waals surface area contributed by atoms with Crippen LogP contribution >= 0.6 is 24.2 Å². The number of aliphatic hydroxyl groups is 1. The van der Waals surface area contributed by atoms with E-state index in [2.05, 4.69) is 15.3 Å². The number of anilines is 1. The van der Waals surface area contributed by atoms with Crippen molar-refractivity contribution in [2.24, 2.45) is 5.73 Å². The molecule has 1 unspecified atom stereocenters. The van der Waals surface area contributed by atoms with Crippen molar-refractivity contribution in [1.82, 2.24) is 20.3 Å². The molecular weight excluding hydrogens is 364 g/mol. The van der Waals surface area contributed by atoms with Crippen LogP contribution in [0.1, 0.15) is 17.4 Å². The van der Waals surface area contributed by atoms with E-state index in [0.29, 0.717) is 23.9 Å². The standard InChI is InChI=1S/C15H18N6O2S.ClH/c16-13(23)11-6-17-5-10(24-11)12-9-1-3-18-14(9)20-15(19-12)21-4-2-8(22)7-21;/h1,3,6,8,10,17,22H,2,4-5,7H2,(H2,16,23)(H,18,19,20);1H/t8-,10?;/m0./s1. The molecule has 25 heavy (non-hydrogen) atoms. The molecule has 2 aromatic heterocycles. The first-order chi connectivity index (χ1) is 11.6. The summed E-state index contributed by atoms with van der Waals surface area (Å²) in [6.45, 7) is 1.92. The average molecular weight is 383 g/mol. The number of nitrogens with zero attached hydrogens (tertiary/aromatic N) is 3. The zero-order chi connectivity index (χ0) is 16.7. The number of nitrogens with one attached hydrogen (secondary N) is 2. The van der Waals surface area contributed by atoms with E-state index >= 15 is 0 Å². The molecular formula is C15H19ClN6O2S. The molecule has 4 heterocycles. The van der Waals surface area contributed by atoms with Crippen LogP contribution in [0.25, 0.3) is 11.0 Å². The maximum Gasteiger partial charge on any atom is 0.256 e. The van der Waals surface area contributed by atoms with Gasteiger partial charge in [-0.1, -0.05) is 0 Å². The summed E-state index contributed by atoms with van der Waals surface area (Å²) >= 11 is 1.41. The lowest BCUT2D eigenvalue weighted by Crippen LogP contribution is -2.27. The van der Waals surface area contributed by atoms with Crippen molar-refractivity contribution in [3.63, 3.8) is 0 Å². The van der Waals surface area contributed by atoms with Crippen LogP contribution in [0.15, 0.2) is 23.4 Å². The van der Waals surface area contributed by atoms with Gasteiger partial charge in [0.2, 0.25) is 5.95 Å².